The topological polar surface area (TPSA) is 32.3 Å². The fourth-order valence-corrected chi connectivity index (χ4v) is 2.49. The summed E-state index contributed by atoms with van der Waals surface area (Å²) in [6.45, 7) is 4.34. The molecule has 2 atom stereocenters. The third kappa shape index (κ3) is 2.61. The molecular weight excluding hydrogens is 250 g/mol. The molecule has 1 aromatic rings. The second kappa shape index (κ2) is 5.65. The van der Waals surface area contributed by atoms with E-state index in [4.69, 9.17) is 0 Å². The van der Waals surface area contributed by atoms with E-state index in [0.717, 1.165) is 12.5 Å². The summed E-state index contributed by atoms with van der Waals surface area (Å²) in [4.78, 5) is 13.7. The molecule has 2 unspecified atom stereocenters. The number of benzene rings is 1. The number of rotatable bonds is 4. The van der Waals surface area contributed by atoms with E-state index in [2.05, 4.69) is 5.32 Å². The minimum absolute atomic E-state index is 0.0157. The van der Waals surface area contributed by atoms with Crippen LogP contribution in [0.4, 0.5) is 8.78 Å². The third-order valence-electron chi connectivity index (χ3n) is 3.43. The van der Waals surface area contributed by atoms with Gasteiger partial charge in [0, 0.05) is 18.2 Å². The quantitative estimate of drug-likeness (QED) is 0.910. The summed E-state index contributed by atoms with van der Waals surface area (Å²) >= 11 is 0. The highest BCUT2D eigenvalue weighted by molar-refractivity contribution is 5.84. The molecule has 0 radical (unpaired) electrons. The lowest BCUT2D eigenvalue weighted by Gasteiger charge is -2.23. The molecule has 1 aliphatic heterocycles. The smallest absolute Gasteiger partial charge is 0.241 e. The van der Waals surface area contributed by atoms with Gasteiger partial charge in [-0.3, -0.25) is 10.1 Å². The van der Waals surface area contributed by atoms with Crippen LogP contribution in [-0.2, 0) is 4.79 Å². The molecule has 19 heavy (non-hydrogen) atoms. The lowest BCUT2D eigenvalue weighted by molar-refractivity contribution is -0.130. The Balaban J connectivity index is 2.30. The number of carbonyl (C=O) groups is 1. The van der Waals surface area contributed by atoms with Gasteiger partial charge in [0.2, 0.25) is 5.91 Å². The van der Waals surface area contributed by atoms with Gasteiger partial charge in [0.15, 0.2) is 0 Å². The average molecular weight is 268 g/mol. The van der Waals surface area contributed by atoms with Gasteiger partial charge in [-0.25, -0.2) is 8.78 Å². The molecular formula is C14H18F2N2O. The highest BCUT2D eigenvalue weighted by Crippen LogP contribution is 2.28. The Kier molecular flexibility index (Phi) is 4.14. The molecule has 0 aromatic heterocycles. The van der Waals surface area contributed by atoms with Crippen molar-refractivity contribution in [2.45, 2.75) is 38.9 Å². The van der Waals surface area contributed by atoms with Crippen molar-refractivity contribution in [2.24, 2.45) is 0 Å². The van der Waals surface area contributed by atoms with Crippen LogP contribution in [0.3, 0.4) is 0 Å². The molecule has 1 amide bonds. The first kappa shape index (κ1) is 13.9. The van der Waals surface area contributed by atoms with Gasteiger partial charge in [-0.2, -0.15) is 0 Å². The molecule has 104 valence electrons. The predicted octanol–water partition coefficient (Wildman–Crippen LogP) is 2.58. The fraction of sp³-hybridized carbons (Fsp3) is 0.500. The summed E-state index contributed by atoms with van der Waals surface area (Å²) in [6, 6.07) is 3.18. The monoisotopic (exact) mass is 268 g/mol. The summed E-state index contributed by atoms with van der Waals surface area (Å²) in [7, 11) is 0. The molecule has 1 N–H and O–H groups in total. The standard InChI is InChI=1S/C14H18F2N2O/c1-3-5-12-14(19)18(4-2)13(17-12)10-7-6-9(15)8-11(10)16/h6-8,12-13,17H,3-5H2,1-2H3. The number of amides is 1. The number of carbonyl (C=O) groups excluding carboxylic acids is 1. The summed E-state index contributed by atoms with van der Waals surface area (Å²) in [5.41, 5.74) is 0.315. The summed E-state index contributed by atoms with van der Waals surface area (Å²) in [5, 5.41) is 3.13. The molecule has 1 saturated heterocycles. The number of nitrogens with one attached hydrogen (secondary N) is 1. The zero-order valence-electron chi connectivity index (χ0n) is 11.1. The lowest BCUT2D eigenvalue weighted by Crippen LogP contribution is -2.31. The molecule has 0 bridgehead atoms. The van der Waals surface area contributed by atoms with Crippen LogP contribution in [0.25, 0.3) is 0 Å². The SMILES string of the molecule is CCCC1NC(c2ccc(F)cc2F)N(CC)C1=O. The Bertz CT molecular complexity index is 479. The Labute approximate surface area is 111 Å². The molecule has 3 nitrogen and oxygen atoms in total. The Morgan fingerprint density at radius 1 is 1.32 bits per heavy atom. The van der Waals surface area contributed by atoms with Crippen LogP contribution >= 0.6 is 0 Å². The van der Waals surface area contributed by atoms with Crippen LogP contribution in [0.15, 0.2) is 18.2 Å². The number of halogens is 2. The Morgan fingerprint density at radius 3 is 2.63 bits per heavy atom. The number of hydrogen-bond acceptors (Lipinski definition) is 2. The average Bonchev–Trinajstić information content (AvgIpc) is 2.67. The van der Waals surface area contributed by atoms with Crippen LogP contribution in [0.2, 0.25) is 0 Å². The van der Waals surface area contributed by atoms with Crippen molar-refractivity contribution in [3.63, 3.8) is 0 Å². The third-order valence-corrected chi connectivity index (χ3v) is 3.43. The van der Waals surface area contributed by atoms with E-state index in [1.807, 2.05) is 13.8 Å². The second-order valence-corrected chi connectivity index (χ2v) is 4.70. The van der Waals surface area contributed by atoms with Gasteiger partial charge in [-0.05, 0) is 25.5 Å². The summed E-state index contributed by atoms with van der Waals surface area (Å²) < 4.78 is 26.8. The van der Waals surface area contributed by atoms with Gasteiger partial charge in [0.25, 0.3) is 0 Å². The van der Waals surface area contributed by atoms with Gasteiger partial charge < -0.3 is 4.90 Å². The van der Waals surface area contributed by atoms with Crippen molar-refractivity contribution >= 4 is 5.91 Å². The van der Waals surface area contributed by atoms with E-state index in [-0.39, 0.29) is 11.9 Å². The van der Waals surface area contributed by atoms with Gasteiger partial charge in [0.1, 0.15) is 17.8 Å². The van der Waals surface area contributed by atoms with Crippen LogP contribution < -0.4 is 5.32 Å². The minimum atomic E-state index is -0.624. The normalized spacial score (nSPS) is 23.2. The maximum atomic E-state index is 13.8. The van der Waals surface area contributed by atoms with Crippen LogP contribution in [0.1, 0.15) is 38.4 Å². The lowest BCUT2D eigenvalue weighted by atomic mass is 10.1. The number of hydrogen-bond donors (Lipinski definition) is 1. The van der Waals surface area contributed by atoms with Gasteiger partial charge >= 0.3 is 0 Å². The van der Waals surface area contributed by atoms with E-state index >= 15 is 0 Å². The molecule has 1 aliphatic rings. The maximum absolute atomic E-state index is 13.8. The largest absolute Gasteiger partial charge is 0.322 e. The first-order valence-corrected chi connectivity index (χ1v) is 6.60. The number of nitrogens with zero attached hydrogens (tertiary/aromatic N) is 1. The molecule has 5 heteroatoms. The molecule has 1 aromatic carbocycles. The van der Waals surface area contributed by atoms with Gasteiger partial charge in [-0.15, -0.1) is 0 Å². The van der Waals surface area contributed by atoms with E-state index in [1.165, 1.54) is 12.1 Å². The first-order valence-electron chi connectivity index (χ1n) is 6.60. The van der Waals surface area contributed by atoms with Crippen LogP contribution in [0, 0.1) is 11.6 Å². The molecule has 2 rings (SSSR count). The van der Waals surface area contributed by atoms with Crippen molar-refractivity contribution in [3.8, 4) is 0 Å². The fourth-order valence-electron chi connectivity index (χ4n) is 2.49. The first-order chi connectivity index (χ1) is 9.08. The van der Waals surface area contributed by atoms with Crippen molar-refractivity contribution in [2.75, 3.05) is 6.54 Å². The Morgan fingerprint density at radius 2 is 2.05 bits per heavy atom. The zero-order chi connectivity index (χ0) is 14.0. The van der Waals surface area contributed by atoms with Crippen molar-refractivity contribution in [3.05, 3.63) is 35.4 Å². The van der Waals surface area contributed by atoms with Crippen LogP contribution in [-0.4, -0.2) is 23.4 Å². The highest BCUT2D eigenvalue weighted by atomic mass is 19.1. The van der Waals surface area contributed by atoms with Crippen molar-refractivity contribution in [1.82, 2.24) is 10.2 Å². The zero-order valence-corrected chi connectivity index (χ0v) is 11.1. The van der Waals surface area contributed by atoms with E-state index < -0.39 is 17.8 Å². The Hall–Kier alpha value is -1.49. The van der Waals surface area contributed by atoms with E-state index in [1.54, 1.807) is 4.90 Å². The van der Waals surface area contributed by atoms with Crippen molar-refractivity contribution in [1.29, 1.82) is 0 Å². The number of likely N-dealkylation sites (N-methyl/N-ethyl adjacent to an activating group) is 1. The van der Waals surface area contributed by atoms with E-state index in [9.17, 15) is 13.6 Å². The molecule has 0 spiro atoms. The molecule has 0 saturated carbocycles. The van der Waals surface area contributed by atoms with Gasteiger partial charge in [-0.1, -0.05) is 13.3 Å². The van der Waals surface area contributed by atoms with E-state index in [0.29, 0.717) is 18.5 Å². The predicted molar refractivity (Wildman–Crippen MR) is 68.3 cm³/mol. The molecule has 0 aliphatic carbocycles. The second-order valence-electron chi connectivity index (χ2n) is 4.70. The highest BCUT2D eigenvalue weighted by Gasteiger charge is 2.39. The molecule has 1 heterocycles. The van der Waals surface area contributed by atoms with Gasteiger partial charge in [0.05, 0.1) is 6.04 Å². The summed E-state index contributed by atoms with van der Waals surface area (Å²) in [5.74, 6) is -1.25. The van der Waals surface area contributed by atoms with Crippen LogP contribution in [0.5, 0.6) is 0 Å². The molecule has 1 fully saturated rings. The maximum Gasteiger partial charge on any atom is 0.241 e. The van der Waals surface area contributed by atoms with Crippen molar-refractivity contribution < 1.29 is 13.6 Å². The summed E-state index contributed by atoms with van der Waals surface area (Å²) in [6.07, 6.45) is 1.09. The minimum Gasteiger partial charge on any atom is -0.322 e.